The molecule has 0 radical (unpaired) electrons. The van der Waals surface area contributed by atoms with Gasteiger partial charge >= 0.3 is 0 Å². The molecule has 0 aliphatic carbocycles. The quantitative estimate of drug-likeness (QED) is 0.703. The highest BCUT2D eigenvalue weighted by Gasteiger charge is 2.08. The van der Waals surface area contributed by atoms with E-state index < -0.39 is 5.82 Å². The molecule has 1 N–H and O–H groups in total. The van der Waals surface area contributed by atoms with Crippen molar-refractivity contribution in [3.63, 3.8) is 0 Å². The van der Waals surface area contributed by atoms with E-state index in [-0.39, 0.29) is 12.2 Å². The average molecular weight is 166 g/mol. The lowest BCUT2D eigenvalue weighted by Gasteiger charge is -1.98. The van der Waals surface area contributed by atoms with Crippen LogP contribution in [-0.4, -0.2) is 5.11 Å². The fraction of sp³-hybridized carbons (Fsp3) is 0.111. The first-order valence-electron chi connectivity index (χ1n) is 3.58. The number of fused-ring (bicyclic) bond motifs is 1. The number of halogens is 1. The highest BCUT2D eigenvalue weighted by atomic mass is 19.1. The third kappa shape index (κ3) is 0.905. The van der Waals surface area contributed by atoms with Crippen molar-refractivity contribution < 1.29 is 13.9 Å². The molecule has 2 rings (SSSR count). The maximum Gasteiger partial charge on any atom is 0.142 e. The van der Waals surface area contributed by atoms with E-state index in [2.05, 4.69) is 0 Å². The maximum absolute atomic E-state index is 13.0. The van der Waals surface area contributed by atoms with E-state index in [4.69, 9.17) is 9.52 Å². The van der Waals surface area contributed by atoms with E-state index in [1.54, 1.807) is 12.1 Å². The van der Waals surface area contributed by atoms with Gasteiger partial charge in [-0.05, 0) is 18.2 Å². The van der Waals surface area contributed by atoms with Gasteiger partial charge in [0.25, 0.3) is 0 Å². The van der Waals surface area contributed by atoms with Gasteiger partial charge in [-0.2, -0.15) is 0 Å². The monoisotopic (exact) mass is 166 g/mol. The lowest BCUT2D eigenvalue weighted by atomic mass is 10.1. The van der Waals surface area contributed by atoms with E-state index in [9.17, 15) is 4.39 Å². The summed E-state index contributed by atoms with van der Waals surface area (Å²) in [7, 11) is 0. The summed E-state index contributed by atoms with van der Waals surface area (Å²) in [6.45, 7) is -0.337. The first-order chi connectivity index (χ1) is 5.83. The van der Waals surface area contributed by atoms with E-state index in [1.807, 2.05) is 0 Å². The SMILES string of the molecule is OCc1c(F)ccc2ccoc12. The van der Waals surface area contributed by atoms with Gasteiger partial charge in [-0.3, -0.25) is 0 Å². The van der Waals surface area contributed by atoms with Crippen LogP contribution in [0.15, 0.2) is 28.9 Å². The van der Waals surface area contributed by atoms with Crippen LogP contribution in [0, 0.1) is 5.82 Å². The van der Waals surface area contributed by atoms with E-state index in [0.717, 1.165) is 5.39 Å². The molecule has 1 heterocycles. The van der Waals surface area contributed by atoms with Crippen LogP contribution in [0.3, 0.4) is 0 Å². The molecule has 0 saturated carbocycles. The maximum atomic E-state index is 13.0. The molecule has 0 fully saturated rings. The first kappa shape index (κ1) is 7.31. The Morgan fingerprint density at radius 1 is 1.33 bits per heavy atom. The molecule has 3 heteroatoms. The van der Waals surface area contributed by atoms with Gasteiger partial charge in [-0.15, -0.1) is 0 Å². The fourth-order valence-corrected chi connectivity index (χ4v) is 1.22. The summed E-state index contributed by atoms with van der Waals surface area (Å²) in [6, 6.07) is 4.67. The molecular formula is C9H7FO2. The predicted molar refractivity (Wildman–Crippen MR) is 42.1 cm³/mol. The molecule has 0 bridgehead atoms. The molecule has 1 aromatic heterocycles. The van der Waals surface area contributed by atoms with Crippen molar-refractivity contribution in [2.45, 2.75) is 6.61 Å². The average Bonchev–Trinajstić information content (AvgIpc) is 2.52. The minimum absolute atomic E-state index is 0.220. The van der Waals surface area contributed by atoms with Crippen LogP contribution in [0.2, 0.25) is 0 Å². The fourth-order valence-electron chi connectivity index (χ4n) is 1.22. The van der Waals surface area contributed by atoms with Crippen LogP contribution < -0.4 is 0 Å². The van der Waals surface area contributed by atoms with Gasteiger partial charge in [0.15, 0.2) is 0 Å². The number of rotatable bonds is 1. The predicted octanol–water partition coefficient (Wildman–Crippen LogP) is 2.06. The molecule has 0 atom stereocenters. The van der Waals surface area contributed by atoms with Crippen molar-refractivity contribution in [3.8, 4) is 0 Å². The summed E-state index contributed by atoms with van der Waals surface area (Å²) in [5, 5.41) is 9.64. The summed E-state index contributed by atoms with van der Waals surface area (Å²) < 4.78 is 18.0. The van der Waals surface area contributed by atoms with Crippen molar-refractivity contribution in [1.29, 1.82) is 0 Å². The van der Waals surface area contributed by atoms with E-state index >= 15 is 0 Å². The van der Waals surface area contributed by atoms with Crippen LogP contribution in [0.4, 0.5) is 4.39 Å². The molecule has 2 aromatic rings. The molecule has 0 aliphatic heterocycles. The molecule has 12 heavy (non-hydrogen) atoms. The molecule has 0 amide bonds. The van der Waals surface area contributed by atoms with Crippen LogP contribution in [0.5, 0.6) is 0 Å². The van der Waals surface area contributed by atoms with Crippen LogP contribution >= 0.6 is 0 Å². The minimum atomic E-state index is -0.431. The topological polar surface area (TPSA) is 33.4 Å². The van der Waals surface area contributed by atoms with Crippen LogP contribution in [0.25, 0.3) is 11.0 Å². The van der Waals surface area contributed by atoms with Crippen molar-refractivity contribution in [3.05, 3.63) is 35.8 Å². The Hall–Kier alpha value is -1.35. The van der Waals surface area contributed by atoms with Crippen LogP contribution in [-0.2, 0) is 6.61 Å². The third-order valence-corrected chi connectivity index (χ3v) is 1.83. The van der Waals surface area contributed by atoms with Gasteiger partial charge in [-0.25, -0.2) is 4.39 Å². The van der Waals surface area contributed by atoms with E-state index in [0.29, 0.717) is 5.58 Å². The zero-order chi connectivity index (χ0) is 8.55. The smallest absolute Gasteiger partial charge is 0.142 e. The molecule has 0 aliphatic rings. The molecule has 62 valence electrons. The number of furan rings is 1. The van der Waals surface area contributed by atoms with Crippen LogP contribution in [0.1, 0.15) is 5.56 Å². The summed E-state index contributed by atoms with van der Waals surface area (Å²) in [5.41, 5.74) is 0.648. The van der Waals surface area contributed by atoms with Gasteiger partial charge < -0.3 is 9.52 Å². The lowest BCUT2D eigenvalue weighted by molar-refractivity contribution is 0.275. The van der Waals surface area contributed by atoms with Gasteiger partial charge in [0.2, 0.25) is 0 Å². The lowest BCUT2D eigenvalue weighted by Crippen LogP contribution is -1.89. The molecule has 0 spiro atoms. The first-order valence-corrected chi connectivity index (χ1v) is 3.58. The number of benzene rings is 1. The Labute approximate surface area is 68.2 Å². The second kappa shape index (κ2) is 2.60. The van der Waals surface area contributed by atoms with Gasteiger partial charge in [0.05, 0.1) is 18.4 Å². The van der Waals surface area contributed by atoms with Crippen molar-refractivity contribution in [2.24, 2.45) is 0 Å². The molecule has 0 unspecified atom stereocenters. The normalized spacial score (nSPS) is 10.8. The van der Waals surface area contributed by atoms with Gasteiger partial charge in [0, 0.05) is 5.39 Å². The molecule has 0 saturated heterocycles. The molecule has 1 aromatic carbocycles. The Bertz CT molecular complexity index is 406. The number of hydrogen-bond donors (Lipinski definition) is 1. The molecule has 2 nitrogen and oxygen atoms in total. The standard InChI is InChI=1S/C9H7FO2/c10-8-2-1-6-3-4-12-9(6)7(8)5-11/h1-4,11H,5H2. The van der Waals surface area contributed by atoms with Crippen molar-refractivity contribution >= 4 is 11.0 Å². The Balaban J connectivity index is 2.83. The Morgan fingerprint density at radius 2 is 2.17 bits per heavy atom. The minimum Gasteiger partial charge on any atom is -0.464 e. The summed E-state index contributed by atoms with van der Waals surface area (Å²) in [4.78, 5) is 0. The number of aliphatic hydroxyl groups is 1. The summed E-state index contributed by atoms with van der Waals surface area (Å²) in [6.07, 6.45) is 1.48. The van der Waals surface area contributed by atoms with Crippen molar-refractivity contribution in [1.82, 2.24) is 0 Å². The zero-order valence-electron chi connectivity index (χ0n) is 6.25. The second-order valence-corrected chi connectivity index (χ2v) is 2.52. The Kier molecular flexibility index (Phi) is 1.59. The van der Waals surface area contributed by atoms with Gasteiger partial charge in [0.1, 0.15) is 11.4 Å². The largest absolute Gasteiger partial charge is 0.464 e. The zero-order valence-corrected chi connectivity index (χ0v) is 6.25. The summed E-state index contributed by atoms with van der Waals surface area (Å²) in [5.74, 6) is -0.431. The highest BCUT2D eigenvalue weighted by molar-refractivity contribution is 5.80. The Morgan fingerprint density at radius 3 is 2.92 bits per heavy atom. The third-order valence-electron chi connectivity index (χ3n) is 1.83. The highest BCUT2D eigenvalue weighted by Crippen LogP contribution is 2.22. The number of hydrogen-bond acceptors (Lipinski definition) is 2. The number of aliphatic hydroxyl groups excluding tert-OH is 1. The van der Waals surface area contributed by atoms with Crippen molar-refractivity contribution in [2.75, 3.05) is 0 Å². The summed E-state index contributed by atoms with van der Waals surface area (Å²) >= 11 is 0. The second-order valence-electron chi connectivity index (χ2n) is 2.52. The molecular weight excluding hydrogens is 159 g/mol. The van der Waals surface area contributed by atoms with E-state index in [1.165, 1.54) is 12.3 Å². The van der Waals surface area contributed by atoms with Gasteiger partial charge in [-0.1, -0.05) is 0 Å².